The molecule has 1 N–H and O–H groups in total. The first-order chi connectivity index (χ1) is 16.3. The highest BCUT2D eigenvalue weighted by Gasteiger charge is 2.22. The smallest absolute Gasteiger partial charge is 0.0702 e. The summed E-state index contributed by atoms with van der Waals surface area (Å²) < 4.78 is 0. The average molecular weight is 429 g/mol. The number of hydrogen-bond acceptors (Lipinski definition) is 4. The van der Waals surface area contributed by atoms with E-state index >= 15 is 0 Å². The van der Waals surface area contributed by atoms with E-state index in [2.05, 4.69) is 124 Å². The Balaban J connectivity index is 1.53. The second kappa shape index (κ2) is 8.08. The number of anilines is 4. The summed E-state index contributed by atoms with van der Waals surface area (Å²) in [7, 11) is 0. The fraction of sp³-hybridized carbons (Fsp3) is 0.0690. The van der Waals surface area contributed by atoms with Crippen LogP contribution < -0.4 is 15.3 Å². The normalized spacial score (nSPS) is 16.5. The molecule has 1 unspecified atom stereocenters. The monoisotopic (exact) mass is 428 g/mol. The van der Waals surface area contributed by atoms with Crippen molar-refractivity contribution in [3.05, 3.63) is 115 Å². The van der Waals surface area contributed by atoms with E-state index in [9.17, 15) is 0 Å². The zero-order chi connectivity index (χ0) is 22.2. The van der Waals surface area contributed by atoms with Crippen molar-refractivity contribution in [1.29, 1.82) is 0 Å². The van der Waals surface area contributed by atoms with Gasteiger partial charge in [-0.15, -0.1) is 0 Å². The summed E-state index contributed by atoms with van der Waals surface area (Å²) in [5.41, 5.74) is 12.4. The molecule has 160 valence electrons. The molecule has 4 aromatic rings. The Morgan fingerprint density at radius 2 is 1.61 bits per heavy atom. The lowest BCUT2D eigenvalue weighted by Gasteiger charge is -2.29. The zero-order valence-electron chi connectivity index (χ0n) is 18.4. The maximum absolute atomic E-state index is 4.56. The Kier molecular flexibility index (Phi) is 4.78. The lowest BCUT2D eigenvalue weighted by Crippen LogP contribution is -2.33. The fourth-order valence-electron chi connectivity index (χ4n) is 4.46. The van der Waals surface area contributed by atoms with Crippen LogP contribution in [0.25, 0.3) is 23.4 Å². The highest BCUT2D eigenvalue weighted by molar-refractivity contribution is 5.94. The van der Waals surface area contributed by atoms with Crippen molar-refractivity contribution >= 4 is 34.9 Å². The van der Waals surface area contributed by atoms with Gasteiger partial charge in [0.25, 0.3) is 0 Å². The van der Waals surface area contributed by atoms with Gasteiger partial charge >= 0.3 is 0 Å². The number of pyridine rings is 1. The molecular formula is C29H24N4. The molecule has 0 spiro atoms. The second-order valence-electron chi connectivity index (χ2n) is 8.37. The summed E-state index contributed by atoms with van der Waals surface area (Å²) in [6.45, 7) is 2.15. The minimum atomic E-state index is 0.315. The van der Waals surface area contributed by atoms with Gasteiger partial charge in [0, 0.05) is 29.7 Å². The molecule has 3 aromatic carbocycles. The number of benzene rings is 3. The van der Waals surface area contributed by atoms with Gasteiger partial charge in [0.05, 0.1) is 22.8 Å². The van der Waals surface area contributed by atoms with Crippen molar-refractivity contribution in [3.8, 4) is 11.3 Å². The second-order valence-corrected chi connectivity index (χ2v) is 8.37. The van der Waals surface area contributed by atoms with Gasteiger partial charge < -0.3 is 4.90 Å². The van der Waals surface area contributed by atoms with Crippen molar-refractivity contribution in [1.82, 2.24) is 10.4 Å². The van der Waals surface area contributed by atoms with Gasteiger partial charge in [-0.2, -0.15) is 0 Å². The van der Waals surface area contributed by atoms with Crippen LogP contribution in [0.1, 0.15) is 18.1 Å². The topological polar surface area (TPSA) is 31.4 Å². The van der Waals surface area contributed by atoms with Crippen molar-refractivity contribution in [3.63, 3.8) is 0 Å². The van der Waals surface area contributed by atoms with E-state index in [-0.39, 0.29) is 0 Å². The van der Waals surface area contributed by atoms with E-state index in [4.69, 9.17) is 0 Å². The molecular weight excluding hydrogens is 404 g/mol. The Morgan fingerprint density at radius 3 is 2.42 bits per heavy atom. The third kappa shape index (κ3) is 3.60. The summed E-state index contributed by atoms with van der Waals surface area (Å²) >= 11 is 0. The van der Waals surface area contributed by atoms with Crippen LogP contribution in [0.5, 0.6) is 0 Å². The number of nitrogens with zero attached hydrogens (tertiary/aromatic N) is 3. The van der Waals surface area contributed by atoms with Crippen LogP contribution in [-0.2, 0) is 0 Å². The van der Waals surface area contributed by atoms with Gasteiger partial charge in [-0.3, -0.25) is 9.99 Å². The summed E-state index contributed by atoms with van der Waals surface area (Å²) in [4.78, 5) is 6.91. The predicted octanol–water partition coefficient (Wildman–Crippen LogP) is 6.93. The van der Waals surface area contributed by atoms with Crippen LogP contribution in [-0.4, -0.2) is 11.0 Å². The summed E-state index contributed by atoms with van der Waals surface area (Å²) in [6.07, 6.45) is 10.5. The Morgan fingerprint density at radius 1 is 0.758 bits per heavy atom. The number of rotatable bonds is 3. The quantitative estimate of drug-likeness (QED) is 0.338. The number of nitrogens with one attached hydrogen (secondary N) is 1. The van der Waals surface area contributed by atoms with E-state index in [1.165, 1.54) is 11.1 Å². The highest BCUT2D eigenvalue weighted by Crippen LogP contribution is 2.44. The Hall–Kier alpha value is -4.15. The molecule has 0 aliphatic carbocycles. The molecule has 2 aliphatic heterocycles. The third-order valence-electron chi connectivity index (χ3n) is 6.08. The molecule has 0 radical (unpaired) electrons. The molecule has 0 saturated heterocycles. The zero-order valence-corrected chi connectivity index (χ0v) is 18.4. The van der Waals surface area contributed by atoms with E-state index in [1.54, 1.807) is 0 Å². The summed E-state index contributed by atoms with van der Waals surface area (Å²) in [5, 5.41) is 2.09. The van der Waals surface area contributed by atoms with Crippen LogP contribution in [0, 0.1) is 0 Å². The van der Waals surface area contributed by atoms with Crippen LogP contribution >= 0.6 is 0 Å². The molecule has 1 aromatic heterocycles. The third-order valence-corrected chi connectivity index (χ3v) is 6.08. The lowest BCUT2D eigenvalue weighted by molar-refractivity contribution is 0.683. The van der Waals surface area contributed by atoms with Crippen molar-refractivity contribution in [2.75, 3.05) is 9.91 Å². The van der Waals surface area contributed by atoms with Gasteiger partial charge in [-0.1, -0.05) is 54.6 Å². The number of hydrazine groups is 1. The van der Waals surface area contributed by atoms with Gasteiger partial charge in [0.1, 0.15) is 0 Å². The number of aromatic nitrogens is 1. The molecule has 4 nitrogen and oxygen atoms in total. The molecule has 0 fully saturated rings. The maximum atomic E-state index is 4.56. The molecule has 6 rings (SSSR count). The van der Waals surface area contributed by atoms with E-state index in [1.807, 2.05) is 18.3 Å². The molecule has 3 heterocycles. The maximum Gasteiger partial charge on any atom is 0.0702 e. The van der Waals surface area contributed by atoms with E-state index in [0.29, 0.717) is 6.04 Å². The minimum absolute atomic E-state index is 0.315. The molecule has 0 bridgehead atoms. The van der Waals surface area contributed by atoms with Crippen LogP contribution in [0.15, 0.2) is 103 Å². The largest absolute Gasteiger partial charge is 0.309 e. The van der Waals surface area contributed by atoms with Gasteiger partial charge in [0.15, 0.2) is 0 Å². The summed E-state index contributed by atoms with van der Waals surface area (Å²) in [5.74, 6) is 0. The average Bonchev–Trinajstić information content (AvgIpc) is 3.23. The summed E-state index contributed by atoms with van der Waals surface area (Å²) in [6, 6.07) is 30.1. The first-order valence-electron chi connectivity index (χ1n) is 11.2. The van der Waals surface area contributed by atoms with Gasteiger partial charge in [-0.05, 0) is 66.6 Å². The highest BCUT2D eigenvalue weighted by atomic mass is 15.5. The molecule has 33 heavy (non-hydrogen) atoms. The van der Waals surface area contributed by atoms with Gasteiger partial charge in [0.2, 0.25) is 0 Å². The molecule has 0 saturated carbocycles. The minimum Gasteiger partial charge on any atom is -0.309 e. The van der Waals surface area contributed by atoms with E-state index in [0.717, 1.165) is 34.0 Å². The molecule has 0 amide bonds. The van der Waals surface area contributed by atoms with Crippen molar-refractivity contribution < 1.29 is 0 Å². The first kappa shape index (κ1) is 19.5. The molecule has 4 heteroatoms. The molecule has 2 aliphatic rings. The fourth-order valence-corrected chi connectivity index (χ4v) is 4.46. The lowest BCUT2D eigenvalue weighted by atomic mass is 10.1. The first-order valence-corrected chi connectivity index (χ1v) is 11.2. The molecule has 1 atom stereocenters. The Labute approximate surface area is 194 Å². The van der Waals surface area contributed by atoms with E-state index < -0.39 is 0 Å². The van der Waals surface area contributed by atoms with Crippen LogP contribution in [0.4, 0.5) is 22.7 Å². The van der Waals surface area contributed by atoms with Gasteiger partial charge in [-0.25, -0.2) is 5.43 Å². The number of hydrogen-bond donors (Lipinski definition) is 1. The Bertz CT molecular complexity index is 1370. The SMILES string of the molecule is CC1C=CN(c2ccc3c(c2)N(c2cccc(-c4ccccn4)c2)c2ccccc2C=C3)N1. The number of fused-ring (bicyclic) bond motifs is 2. The predicted molar refractivity (Wildman–Crippen MR) is 138 cm³/mol. The number of para-hydroxylation sites is 1. The van der Waals surface area contributed by atoms with Crippen molar-refractivity contribution in [2.24, 2.45) is 0 Å². The van der Waals surface area contributed by atoms with Crippen LogP contribution in [0.3, 0.4) is 0 Å². The van der Waals surface area contributed by atoms with Crippen molar-refractivity contribution in [2.45, 2.75) is 13.0 Å². The van der Waals surface area contributed by atoms with Crippen LogP contribution in [0.2, 0.25) is 0 Å². The standard InChI is InChI=1S/C29H24N4/c1-21-16-18-32(31-21)25-15-14-23-13-12-22-7-2-3-11-28(22)33(29(23)20-25)26-9-6-8-24(19-26)27-10-4-5-17-30-27/h2-21,31H,1H3.